The quantitative estimate of drug-likeness (QED) is 0.930. The Balaban J connectivity index is 2.29. The molecule has 0 saturated heterocycles. The Morgan fingerprint density at radius 1 is 1.25 bits per heavy atom. The molecule has 0 unspecified atom stereocenters. The van der Waals surface area contributed by atoms with Crippen molar-refractivity contribution in [2.45, 2.75) is 26.2 Å². The maximum absolute atomic E-state index is 13.9. The van der Waals surface area contributed by atoms with Gasteiger partial charge in [0.1, 0.15) is 5.82 Å². The molecule has 0 aliphatic rings. The third-order valence-electron chi connectivity index (χ3n) is 3.38. The molecule has 104 valence electrons. The average Bonchev–Trinajstić information content (AvgIpc) is 2.41. The van der Waals surface area contributed by atoms with Crippen LogP contribution in [0.2, 0.25) is 0 Å². The van der Waals surface area contributed by atoms with Gasteiger partial charge in [0.25, 0.3) is 0 Å². The van der Waals surface area contributed by atoms with Crippen molar-refractivity contribution in [3.8, 4) is 0 Å². The highest BCUT2D eigenvalue weighted by atomic mass is 19.1. The fourth-order valence-corrected chi connectivity index (χ4v) is 1.98. The van der Waals surface area contributed by atoms with Gasteiger partial charge < -0.3 is 5.32 Å². The van der Waals surface area contributed by atoms with Gasteiger partial charge in [0.15, 0.2) is 0 Å². The SMILES string of the molecule is Cc1cnccc1NC(=O)C(C)(C)c1ccccc1F. The molecule has 2 aromatic rings. The first kappa shape index (κ1) is 14.2. The number of carbonyl (C=O) groups excluding carboxylic acids is 1. The lowest BCUT2D eigenvalue weighted by molar-refractivity contribution is -0.120. The Kier molecular flexibility index (Phi) is 3.84. The number of anilines is 1. The lowest BCUT2D eigenvalue weighted by Crippen LogP contribution is -2.35. The Morgan fingerprint density at radius 2 is 1.95 bits per heavy atom. The van der Waals surface area contributed by atoms with Crippen LogP contribution in [-0.2, 0) is 10.2 Å². The van der Waals surface area contributed by atoms with Crippen molar-refractivity contribution in [1.29, 1.82) is 0 Å². The zero-order valence-electron chi connectivity index (χ0n) is 11.8. The topological polar surface area (TPSA) is 42.0 Å². The number of amides is 1. The van der Waals surface area contributed by atoms with E-state index in [2.05, 4.69) is 10.3 Å². The molecule has 0 saturated carbocycles. The number of nitrogens with one attached hydrogen (secondary N) is 1. The van der Waals surface area contributed by atoms with Crippen LogP contribution in [-0.4, -0.2) is 10.9 Å². The minimum absolute atomic E-state index is 0.253. The summed E-state index contributed by atoms with van der Waals surface area (Å²) < 4.78 is 13.9. The second kappa shape index (κ2) is 5.41. The van der Waals surface area contributed by atoms with E-state index >= 15 is 0 Å². The van der Waals surface area contributed by atoms with E-state index in [0.717, 1.165) is 5.56 Å². The number of nitrogens with zero attached hydrogens (tertiary/aromatic N) is 1. The smallest absolute Gasteiger partial charge is 0.234 e. The molecule has 1 N–H and O–H groups in total. The maximum Gasteiger partial charge on any atom is 0.234 e. The molecular weight excluding hydrogens is 255 g/mol. The first-order valence-electron chi connectivity index (χ1n) is 6.40. The van der Waals surface area contributed by atoms with Gasteiger partial charge >= 0.3 is 0 Å². The van der Waals surface area contributed by atoms with Gasteiger partial charge in [0, 0.05) is 23.6 Å². The van der Waals surface area contributed by atoms with Crippen molar-refractivity contribution >= 4 is 11.6 Å². The molecule has 0 aliphatic carbocycles. The van der Waals surface area contributed by atoms with Crippen LogP contribution in [0.3, 0.4) is 0 Å². The number of halogens is 1. The summed E-state index contributed by atoms with van der Waals surface area (Å²) in [4.78, 5) is 16.4. The average molecular weight is 272 g/mol. The molecule has 20 heavy (non-hydrogen) atoms. The van der Waals surface area contributed by atoms with E-state index in [-0.39, 0.29) is 11.7 Å². The van der Waals surface area contributed by atoms with Crippen LogP contribution >= 0.6 is 0 Å². The van der Waals surface area contributed by atoms with E-state index in [9.17, 15) is 9.18 Å². The van der Waals surface area contributed by atoms with Crippen LogP contribution in [0.5, 0.6) is 0 Å². The number of aryl methyl sites for hydroxylation is 1. The molecule has 0 radical (unpaired) electrons. The van der Waals surface area contributed by atoms with E-state index < -0.39 is 5.41 Å². The summed E-state index contributed by atoms with van der Waals surface area (Å²) in [6, 6.07) is 8.06. The van der Waals surface area contributed by atoms with Gasteiger partial charge in [0.05, 0.1) is 5.41 Å². The van der Waals surface area contributed by atoms with Crippen molar-refractivity contribution in [2.75, 3.05) is 5.32 Å². The second-order valence-corrected chi connectivity index (χ2v) is 5.25. The lowest BCUT2D eigenvalue weighted by Gasteiger charge is -2.25. The summed E-state index contributed by atoms with van der Waals surface area (Å²) in [7, 11) is 0. The van der Waals surface area contributed by atoms with Crippen molar-refractivity contribution in [3.05, 3.63) is 59.7 Å². The molecule has 1 heterocycles. The molecule has 2 rings (SSSR count). The summed E-state index contributed by atoms with van der Waals surface area (Å²) >= 11 is 0. The number of benzene rings is 1. The predicted molar refractivity (Wildman–Crippen MR) is 77.0 cm³/mol. The first-order chi connectivity index (χ1) is 9.43. The highest BCUT2D eigenvalue weighted by Gasteiger charge is 2.32. The molecule has 1 aromatic heterocycles. The van der Waals surface area contributed by atoms with E-state index in [1.807, 2.05) is 6.92 Å². The minimum Gasteiger partial charge on any atom is -0.325 e. The predicted octanol–water partition coefficient (Wildman–Crippen LogP) is 3.45. The van der Waals surface area contributed by atoms with Gasteiger partial charge in [0.2, 0.25) is 5.91 Å². The number of hydrogen-bond donors (Lipinski definition) is 1. The van der Waals surface area contributed by atoms with Gasteiger partial charge in [-0.1, -0.05) is 18.2 Å². The van der Waals surface area contributed by atoms with Crippen molar-refractivity contribution in [1.82, 2.24) is 4.98 Å². The molecule has 0 fully saturated rings. The largest absolute Gasteiger partial charge is 0.325 e. The second-order valence-electron chi connectivity index (χ2n) is 5.25. The van der Waals surface area contributed by atoms with Crippen LogP contribution in [0, 0.1) is 12.7 Å². The monoisotopic (exact) mass is 272 g/mol. The van der Waals surface area contributed by atoms with E-state index in [0.29, 0.717) is 11.3 Å². The molecular formula is C16H17FN2O. The minimum atomic E-state index is -0.957. The van der Waals surface area contributed by atoms with Crippen LogP contribution < -0.4 is 5.32 Å². The number of pyridine rings is 1. The maximum atomic E-state index is 13.9. The molecule has 4 heteroatoms. The standard InChI is InChI=1S/C16H17FN2O/c1-11-10-18-9-8-14(11)19-15(20)16(2,3)12-6-4-5-7-13(12)17/h4-10H,1-3H3,(H,18,19,20). The van der Waals surface area contributed by atoms with Crippen LogP contribution in [0.1, 0.15) is 25.0 Å². The Hall–Kier alpha value is -2.23. The Morgan fingerprint density at radius 3 is 2.60 bits per heavy atom. The highest BCUT2D eigenvalue weighted by molar-refractivity contribution is 5.99. The highest BCUT2D eigenvalue weighted by Crippen LogP contribution is 2.27. The van der Waals surface area contributed by atoms with Crippen LogP contribution in [0.15, 0.2) is 42.7 Å². The van der Waals surface area contributed by atoms with Gasteiger partial charge in [-0.05, 0) is 38.5 Å². The number of aromatic nitrogens is 1. The lowest BCUT2D eigenvalue weighted by atomic mass is 9.83. The Labute approximate surface area is 117 Å². The van der Waals surface area contributed by atoms with Gasteiger partial charge in [-0.15, -0.1) is 0 Å². The number of rotatable bonds is 3. The van der Waals surface area contributed by atoms with Gasteiger partial charge in [-0.25, -0.2) is 4.39 Å². The molecule has 0 bridgehead atoms. The molecule has 0 spiro atoms. The fraction of sp³-hybridized carbons (Fsp3) is 0.250. The summed E-state index contributed by atoms with van der Waals surface area (Å²) in [5.74, 6) is -0.629. The molecule has 0 atom stereocenters. The summed E-state index contributed by atoms with van der Waals surface area (Å²) in [6.07, 6.45) is 3.28. The van der Waals surface area contributed by atoms with Crippen LogP contribution in [0.4, 0.5) is 10.1 Å². The zero-order valence-corrected chi connectivity index (χ0v) is 11.8. The van der Waals surface area contributed by atoms with Gasteiger partial charge in [-0.3, -0.25) is 9.78 Å². The normalized spacial score (nSPS) is 11.2. The van der Waals surface area contributed by atoms with Crippen molar-refractivity contribution < 1.29 is 9.18 Å². The third-order valence-corrected chi connectivity index (χ3v) is 3.38. The zero-order chi connectivity index (χ0) is 14.8. The molecule has 0 aliphatic heterocycles. The van der Waals surface area contributed by atoms with Crippen LogP contribution in [0.25, 0.3) is 0 Å². The number of carbonyl (C=O) groups is 1. The summed E-state index contributed by atoms with van der Waals surface area (Å²) in [5.41, 5.74) is 0.977. The van der Waals surface area contributed by atoms with Crippen molar-refractivity contribution in [3.63, 3.8) is 0 Å². The summed E-state index contributed by atoms with van der Waals surface area (Å²) in [6.45, 7) is 5.27. The Bertz CT molecular complexity index is 638. The van der Waals surface area contributed by atoms with Gasteiger partial charge in [-0.2, -0.15) is 0 Å². The fourth-order valence-electron chi connectivity index (χ4n) is 1.98. The third kappa shape index (κ3) is 2.69. The first-order valence-corrected chi connectivity index (χ1v) is 6.40. The van der Waals surface area contributed by atoms with Crippen molar-refractivity contribution in [2.24, 2.45) is 0 Å². The summed E-state index contributed by atoms with van der Waals surface area (Å²) in [5, 5.41) is 2.83. The van der Waals surface area contributed by atoms with E-state index in [4.69, 9.17) is 0 Å². The molecule has 1 amide bonds. The number of hydrogen-bond acceptors (Lipinski definition) is 2. The molecule has 1 aromatic carbocycles. The molecule has 3 nitrogen and oxygen atoms in total. The van der Waals surface area contributed by atoms with E-state index in [1.165, 1.54) is 6.07 Å². The van der Waals surface area contributed by atoms with E-state index in [1.54, 1.807) is 50.5 Å².